The summed E-state index contributed by atoms with van der Waals surface area (Å²) in [5.41, 5.74) is 1.85. The van der Waals surface area contributed by atoms with Gasteiger partial charge in [0, 0.05) is 25.4 Å². The lowest BCUT2D eigenvalue weighted by Crippen LogP contribution is -2.64. The maximum atomic E-state index is 13.5. The molecule has 3 amide bonds. The Labute approximate surface area is 194 Å². The minimum atomic E-state index is -1.22. The van der Waals surface area contributed by atoms with Crippen molar-refractivity contribution in [3.8, 4) is 11.1 Å². The van der Waals surface area contributed by atoms with Crippen molar-refractivity contribution < 1.29 is 19.1 Å². The van der Waals surface area contributed by atoms with Crippen LogP contribution in [-0.2, 0) is 25.5 Å². The van der Waals surface area contributed by atoms with Crippen LogP contribution in [0.25, 0.3) is 11.1 Å². The fourth-order valence-electron chi connectivity index (χ4n) is 4.59. The number of hydrogen-bond acceptors (Lipinski definition) is 4. The zero-order valence-electron chi connectivity index (χ0n) is 19.2. The highest BCUT2D eigenvalue weighted by atomic mass is 16.5. The molecule has 2 aliphatic rings. The number of hydrogen-bond donors (Lipinski definition) is 2. The average Bonchev–Trinajstić information content (AvgIpc) is 3.25. The number of nitrogens with zero attached hydrogens (tertiary/aromatic N) is 1. The molecule has 0 unspecified atom stereocenters. The van der Waals surface area contributed by atoms with Crippen LogP contribution in [0.1, 0.15) is 32.3 Å². The Morgan fingerprint density at radius 3 is 2.58 bits per heavy atom. The van der Waals surface area contributed by atoms with Crippen molar-refractivity contribution in [2.45, 2.75) is 50.8 Å². The second-order valence-electron chi connectivity index (χ2n) is 9.09. The highest BCUT2D eigenvalue weighted by Gasteiger charge is 2.46. The number of carbonyl (C=O) groups is 3. The summed E-state index contributed by atoms with van der Waals surface area (Å²) < 4.78 is 6.19. The van der Waals surface area contributed by atoms with Crippen LogP contribution in [0, 0.1) is 0 Å². The predicted molar refractivity (Wildman–Crippen MR) is 125 cm³/mol. The molecule has 0 radical (unpaired) electrons. The van der Waals surface area contributed by atoms with Crippen molar-refractivity contribution in [2.75, 3.05) is 19.7 Å². The van der Waals surface area contributed by atoms with Gasteiger partial charge in [-0.15, -0.1) is 0 Å². The van der Waals surface area contributed by atoms with Gasteiger partial charge >= 0.3 is 0 Å². The van der Waals surface area contributed by atoms with Crippen molar-refractivity contribution in [3.63, 3.8) is 0 Å². The Kier molecular flexibility index (Phi) is 6.79. The van der Waals surface area contributed by atoms with E-state index in [1.165, 1.54) is 0 Å². The molecule has 2 aromatic carbocycles. The normalized spacial score (nSPS) is 22.8. The molecule has 2 saturated heterocycles. The quantitative estimate of drug-likeness (QED) is 0.709. The Morgan fingerprint density at radius 1 is 1.15 bits per heavy atom. The maximum absolute atomic E-state index is 13.5. The first-order chi connectivity index (χ1) is 15.9. The summed E-state index contributed by atoms with van der Waals surface area (Å²) >= 11 is 0. The zero-order valence-corrected chi connectivity index (χ0v) is 19.2. The molecule has 2 atom stereocenters. The Morgan fingerprint density at radius 2 is 1.88 bits per heavy atom. The lowest BCUT2D eigenvalue weighted by atomic mass is 9.87. The monoisotopic (exact) mass is 449 g/mol. The van der Waals surface area contributed by atoms with Crippen LogP contribution in [0.4, 0.5) is 0 Å². The van der Waals surface area contributed by atoms with Crippen molar-refractivity contribution in [2.24, 2.45) is 0 Å². The molecule has 2 aliphatic heterocycles. The van der Waals surface area contributed by atoms with Gasteiger partial charge in [0.05, 0.1) is 13.2 Å². The van der Waals surface area contributed by atoms with Crippen molar-refractivity contribution in [1.29, 1.82) is 0 Å². The van der Waals surface area contributed by atoms with E-state index in [9.17, 15) is 14.4 Å². The molecule has 0 saturated carbocycles. The predicted octanol–water partition coefficient (Wildman–Crippen LogP) is 2.30. The van der Waals surface area contributed by atoms with Gasteiger partial charge in [-0.25, -0.2) is 0 Å². The minimum absolute atomic E-state index is 0.0671. The van der Waals surface area contributed by atoms with E-state index in [2.05, 4.69) is 10.6 Å². The van der Waals surface area contributed by atoms with Crippen LogP contribution in [0.15, 0.2) is 54.6 Å². The molecule has 2 N–H and O–H groups in total. The molecule has 2 fully saturated rings. The molecule has 0 aliphatic carbocycles. The Bertz CT molecular complexity index is 1020. The molecule has 7 heteroatoms. The standard InChI is InChI=1S/C26H31N3O4/c1-18(2)27-25(32)26(16-20-10-6-7-11-21(20)19-8-4-3-5-9-19)17-29(14-15-33-26)24(31)22-12-13-23(30)28-22/h3-11,18,22H,12-17H2,1-2H3,(H,27,32)(H,28,30)/t22-,26-/m0/s1. The number of carbonyl (C=O) groups excluding carboxylic acids is 3. The van der Waals surface area contributed by atoms with Crippen molar-refractivity contribution in [3.05, 3.63) is 60.2 Å². The average molecular weight is 450 g/mol. The minimum Gasteiger partial charge on any atom is -0.361 e. The summed E-state index contributed by atoms with van der Waals surface area (Å²) in [7, 11) is 0. The van der Waals surface area contributed by atoms with Gasteiger partial charge in [-0.2, -0.15) is 0 Å². The second-order valence-corrected chi connectivity index (χ2v) is 9.09. The van der Waals surface area contributed by atoms with Gasteiger partial charge in [-0.1, -0.05) is 54.6 Å². The first-order valence-corrected chi connectivity index (χ1v) is 11.5. The smallest absolute Gasteiger partial charge is 0.254 e. The fraction of sp³-hybridized carbons (Fsp3) is 0.423. The van der Waals surface area contributed by atoms with Crippen LogP contribution in [-0.4, -0.2) is 60.0 Å². The van der Waals surface area contributed by atoms with E-state index in [1.807, 2.05) is 68.4 Å². The lowest BCUT2D eigenvalue weighted by Gasteiger charge is -2.43. The molecule has 33 heavy (non-hydrogen) atoms. The van der Waals surface area contributed by atoms with Gasteiger partial charge in [0.2, 0.25) is 11.8 Å². The van der Waals surface area contributed by atoms with Gasteiger partial charge in [0.1, 0.15) is 6.04 Å². The van der Waals surface area contributed by atoms with Gasteiger partial charge < -0.3 is 20.3 Å². The van der Waals surface area contributed by atoms with Crippen LogP contribution in [0.2, 0.25) is 0 Å². The third kappa shape index (κ3) is 5.09. The van der Waals surface area contributed by atoms with Gasteiger partial charge in [0.25, 0.3) is 5.91 Å². The number of nitrogens with one attached hydrogen (secondary N) is 2. The molecule has 2 aromatic rings. The fourth-order valence-corrected chi connectivity index (χ4v) is 4.59. The van der Waals surface area contributed by atoms with Crippen molar-refractivity contribution >= 4 is 17.7 Å². The van der Waals surface area contributed by atoms with E-state index >= 15 is 0 Å². The summed E-state index contributed by atoms with van der Waals surface area (Å²) in [6.07, 6.45) is 1.17. The van der Waals surface area contributed by atoms with Crippen LogP contribution in [0.3, 0.4) is 0 Å². The molecule has 4 rings (SSSR count). The van der Waals surface area contributed by atoms with E-state index in [4.69, 9.17) is 4.74 Å². The van der Waals surface area contributed by atoms with Gasteiger partial charge in [-0.05, 0) is 37.0 Å². The topological polar surface area (TPSA) is 87.7 Å². The van der Waals surface area contributed by atoms with Gasteiger partial charge in [-0.3, -0.25) is 14.4 Å². The van der Waals surface area contributed by atoms with Crippen molar-refractivity contribution in [1.82, 2.24) is 15.5 Å². The molecule has 0 bridgehead atoms. The number of ether oxygens (including phenoxy) is 1. The lowest BCUT2D eigenvalue weighted by molar-refractivity contribution is -0.167. The molecular weight excluding hydrogens is 418 g/mol. The molecule has 0 spiro atoms. The zero-order chi connectivity index (χ0) is 23.4. The van der Waals surface area contributed by atoms with E-state index in [-0.39, 0.29) is 36.9 Å². The van der Waals surface area contributed by atoms with E-state index in [0.717, 1.165) is 16.7 Å². The molecule has 0 aromatic heterocycles. The van der Waals surface area contributed by atoms with E-state index in [0.29, 0.717) is 25.8 Å². The summed E-state index contributed by atoms with van der Waals surface area (Å²) in [6, 6.07) is 17.4. The first kappa shape index (κ1) is 23.0. The summed E-state index contributed by atoms with van der Waals surface area (Å²) in [5.74, 6) is -0.488. The Balaban J connectivity index is 1.65. The van der Waals surface area contributed by atoms with Crippen LogP contribution < -0.4 is 10.6 Å². The summed E-state index contributed by atoms with van der Waals surface area (Å²) in [5, 5.41) is 5.75. The molecule has 7 nitrogen and oxygen atoms in total. The first-order valence-electron chi connectivity index (χ1n) is 11.5. The molecule has 174 valence electrons. The number of benzene rings is 2. The SMILES string of the molecule is CC(C)NC(=O)[C@]1(Cc2ccccc2-c2ccccc2)CN(C(=O)[C@@H]2CCC(=O)N2)CCO1. The Hall–Kier alpha value is -3.19. The highest BCUT2D eigenvalue weighted by molar-refractivity contribution is 5.92. The summed E-state index contributed by atoms with van der Waals surface area (Å²) in [6.45, 7) is 4.60. The molecular formula is C26H31N3O4. The van der Waals surface area contributed by atoms with Gasteiger partial charge in [0.15, 0.2) is 5.60 Å². The molecule has 2 heterocycles. The largest absolute Gasteiger partial charge is 0.361 e. The van der Waals surface area contributed by atoms with E-state index < -0.39 is 11.6 Å². The highest BCUT2D eigenvalue weighted by Crippen LogP contribution is 2.31. The third-order valence-corrected chi connectivity index (χ3v) is 6.20. The number of amides is 3. The van der Waals surface area contributed by atoms with E-state index in [1.54, 1.807) is 4.90 Å². The number of morpholine rings is 1. The maximum Gasteiger partial charge on any atom is 0.254 e. The van der Waals surface area contributed by atoms with Crippen LogP contribution in [0.5, 0.6) is 0 Å². The van der Waals surface area contributed by atoms with Crippen LogP contribution >= 0.6 is 0 Å². The third-order valence-electron chi connectivity index (χ3n) is 6.20. The summed E-state index contributed by atoms with van der Waals surface area (Å²) in [4.78, 5) is 39.9. The number of rotatable bonds is 6. The second kappa shape index (κ2) is 9.75.